The Morgan fingerprint density at radius 1 is 1.06 bits per heavy atom. The highest BCUT2D eigenvalue weighted by Gasteiger charge is 2.20. The maximum atomic E-state index is 12.4. The van der Waals surface area contributed by atoms with Gasteiger partial charge in [-0.1, -0.05) is 46.2 Å². The van der Waals surface area contributed by atoms with E-state index in [2.05, 4.69) is 27.7 Å². The van der Waals surface area contributed by atoms with Crippen molar-refractivity contribution in [2.75, 3.05) is 32.9 Å². The fourth-order valence-electron chi connectivity index (χ4n) is 2.79. The van der Waals surface area contributed by atoms with Gasteiger partial charge in [-0.25, -0.2) is 9.59 Å². The van der Waals surface area contributed by atoms with Crippen molar-refractivity contribution in [1.29, 1.82) is 0 Å². The van der Waals surface area contributed by atoms with E-state index in [1.165, 1.54) is 0 Å². The van der Waals surface area contributed by atoms with Crippen LogP contribution in [-0.4, -0.2) is 61.1 Å². The topological polar surface area (TPSA) is 85.3 Å². The summed E-state index contributed by atoms with van der Waals surface area (Å²) < 4.78 is 16.4. The van der Waals surface area contributed by atoms with E-state index < -0.39 is 12.1 Å². The van der Waals surface area contributed by atoms with Crippen LogP contribution in [-0.2, 0) is 20.7 Å². The molecule has 0 aromatic heterocycles. The molecule has 0 spiro atoms. The molecular weight excluding hydrogens is 398 g/mol. The van der Waals surface area contributed by atoms with Crippen molar-refractivity contribution in [2.24, 2.45) is 5.41 Å². The maximum Gasteiger partial charge on any atom is 0.409 e. The minimum Gasteiger partial charge on any atom is -0.492 e. The first-order valence-corrected chi connectivity index (χ1v) is 11.1. The summed E-state index contributed by atoms with van der Waals surface area (Å²) >= 11 is 0. The highest BCUT2D eigenvalue weighted by molar-refractivity contribution is 5.72. The van der Waals surface area contributed by atoms with Gasteiger partial charge in [0.25, 0.3) is 0 Å². The first kappa shape index (κ1) is 26.8. The van der Waals surface area contributed by atoms with Crippen LogP contribution in [0.4, 0.5) is 4.79 Å². The van der Waals surface area contributed by atoms with Crippen molar-refractivity contribution >= 4 is 12.1 Å². The van der Waals surface area contributed by atoms with Crippen molar-refractivity contribution in [2.45, 2.75) is 66.4 Å². The van der Waals surface area contributed by atoms with Crippen molar-refractivity contribution in [3.05, 3.63) is 29.8 Å². The lowest BCUT2D eigenvalue weighted by Gasteiger charge is -2.26. The van der Waals surface area contributed by atoms with Gasteiger partial charge in [-0.05, 0) is 42.9 Å². The Morgan fingerprint density at radius 2 is 1.74 bits per heavy atom. The van der Waals surface area contributed by atoms with Crippen LogP contribution in [0, 0.1) is 5.41 Å². The fraction of sp³-hybridized carbons (Fsp3) is 0.667. The SMILES string of the molecule is CCCCOC(=O)N(CCOc1ccc(CC(OCC)C(=O)O)cc1)CCC(C)(C)C. The number of nitrogens with zero attached hydrogens (tertiary/aromatic N) is 1. The molecule has 1 N–H and O–H groups in total. The van der Waals surface area contributed by atoms with E-state index in [0.29, 0.717) is 45.1 Å². The molecule has 7 heteroatoms. The van der Waals surface area contributed by atoms with Gasteiger partial charge in [0.05, 0.1) is 13.2 Å². The molecule has 0 aliphatic heterocycles. The largest absolute Gasteiger partial charge is 0.492 e. The van der Waals surface area contributed by atoms with E-state index in [1.807, 2.05) is 12.1 Å². The van der Waals surface area contributed by atoms with Crippen molar-refractivity contribution in [1.82, 2.24) is 4.90 Å². The summed E-state index contributed by atoms with van der Waals surface area (Å²) in [6, 6.07) is 7.28. The number of carbonyl (C=O) groups is 2. The second-order valence-electron chi connectivity index (χ2n) is 8.74. The Labute approximate surface area is 186 Å². The molecule has 0 aliphatic rings. The number of carboxylic acid groups (broad SMARTS) is 1. The van der Waals surface area contributed by atoms with Gasteiger partial charge in [-0.2, -0.15) is 0 Å². The third-order valence-electron chi connectivity index (χ3n) is 4.73. The second kappa shape index (κ2) is 13.9. The van der Waals surface area contributed by atoms with Gasteiger partial charge in [0.2, 0.25) is 0 Å². The molecule has 0 heterocycles. The number of hydrogen-bond acceptors (Lipinski definition) is 5. The van der Waals surface area contributed by atoms with Gasteiger partial charge in [-0.3, -0.25) is 0 Å². The Balaban J connectivity index is 2.58. The normalized spacial score (nSPS) is 12.3. The predicted octanol–water partition coefficient (Wildman–Crippen LogP) is 4.77. The first-order chi connectivity index (χ1) is 14.7. The lowest BCUT2D eigenvalue weighted by molar-refractivity contribution is -0.149. The number of ether oxygens (including phenoxy) is 3. The number of unbranched alkanes of at least 4 members (excludes halogenated alkanes) is 1. The van der Waals surface area contributed by atoms with Crippen LogP contribution in [0.5, 0.6) is 5.75 Å². The van der Waals surface area contributed by atoms with E-state index in [0.717, 1.165) is 24.8 Å². The summed E-state index contributed by atoms with van der Waals surface area (Å²) in [4.78, 5) is 25.4. The van der Waals surface area contributed by atoms with E-state index in [1.54, 1.807) is 24.0 Å². The average Bonchev–Trinajstić information content (AvgIpc) is 2.70. The Kier molecular flexibility index (Phi) is 12.0. The van der Waals surface area contributed by atoms with Crippen molar-refractivity contribution < 1.29 is 28.9 Å². The van der Waals surface area contributed by atoms with Crippen LogP contribution in [0.2, 0.25) is 0 Å². The third kappa shape index (κ3) is 11.6. The monoisotopic (exact) mass is 437 g/mol. The highest BCUT2D eigenvalue weighted by Crippen LogP contribution is 2.19. The van der Waals surface area contributed by atoms with Gasteiger partial charge in [0, 0.05) is 19.6 Å². The minimum absolute atomic E-state index is 0.119. The zero-order valence-corrected chi connectivity index (χ0v) is 19.7. The van der Waals surface area contributed by atoms with Crippen LogP contribution in [0.25, 0.3) is 0 Å². The molecule has 1 aromatic carbocycles. The smallest absolute Gasteiger partial charge is 0.409 e. The number of benzene rings is 1. The Hall–Kier alpha value is -2.28. The van der Waals surface area contributed by atoms with Gasteiger partial charge in [-0.15, -0.1) is 0 Å². The first-order valence-electron chi connectivity index (χ1n) is 11.1. The number of aliphatic carboxylic acids is 1. The van der Waals surface area contributed by atoms with Crippen LogP contribution in [0.15, 0.2) is 24.3 Å². The van der Waals surface area contributed by atoms with E-state index >= 15 is 0 Å². The van der Waals surface area contributed by atoms with Crippen LogP contribution in [0.1, 0.15) is 59.4 Å². The molecule has 0 radical (unpaired) electrons. The van der Waals surface area contributed by atoms with Crippen LogP contribution in [0.3, 0.4) is 0 Å². The standard InChI is InChI=1S/C24H39NO6/c1-6-8-16-31-23(28)25(14-13-24(3,4)5)15-17-30-20-11-9-19(10-12-20)18-21(22(26)27)29-7-2/h9-12,21H,6-8,13-18H2,1-5H3,(H,26,27). The molecule has 1 amide bonds. The molecule has 1 rings (SSSR count). The predicted molar refractivity (Wildman–Crippen MR) is 121 cm³/mol. The van der Waals surface area contributed by atoms with Crippen LogP contribution >= 0.6 is 0 Å². The van der Waals surface area contributed by atoms with Gasteiger partial charge >= 0.3 is 12.1 Å². The van der Waals surface area contributed by atoms with E-state index in [9.17, 15) is 14.7 Å². The number of rotatable bonds is 14. The molecule has 31 heavy (non-hydrogen) atoms. The molecule has 0 saturated carbocycles. The number of hydrogen-bond donors (Lipinski definition) is 1. The molecule has 1 atom stereocenters. The summed E-state index contributed by atoms with van der Waals surface area (Å²) in [5.41, 5.74) is 0.980. The molecule has 1 aromatic rings. The zero-order chi connectivity index (χ0) is 23.3. The summed E-state index contributed by atoms with van der Waals surface area (Å²) in [6.45, 7) is 12.5. The fourth-order valence-corrected chi connectivity index (χ4v) is 2.79. The number of carbonyl (C=O) groups excluding carboxylic acids is 1. The van der Waals surface area contributed by atoms with Crippen molar-refractivity contribution in [3.8, 4) is 5.75 Å². The second-order valence-corrected chi connectivity index (χ2v) is 8.74. The van der Waals surface area contributed by atoms with Gasteiger partial charge in [0.1, 0.15) is 12.4 Å². The summed E-state index contributed by atoms with van der Waals surface area (Å²) in [7, 11) is 0. The minimum atomic E-state index is -0.969. The number of carboxylic acids is 1. The maximum absolute atomic E-state index is 12.4. The van der Waals surface area contributed by atoms with Crippen molar-refractivity contribution in [3.63, 3.8) is 0 Å². The van der Waals surface area contributed by atoms with Gasteiger partial charge < -0.3 is 24.2 Å². The summed E-state index contributed by atoms with van der Waals surface area (Å²) in [6.07, 6.45) is 1.85. The third-order valence-corrected chi connectivity index (χ3v) is 4.73. The van der Waals surface area contributed by atoms with E-state index in [-0.39, 0.29) is 11.5 Å². The van der Waals surface area contributed by atoms with Crippen LogP contribution < -0.4 is 4.74 Å². The average molecular weight is 438 g/mol. The highest BCUT2D eigenvalue weighted by atomic mass is 16.6. The van der Waals surface area contributed by atoms with E-state index in [4.69, 9.17) is 14.2 Å². The molecule has 0 bridgehead atoms. The Bertz CT molecular complexity index is 653. The lowest BCUT2D eigenvalue weighted by Crippen LogP contribution is -2.37. The quantitative estimate of drug-likeness (QED) is 0.422. The molecule has 0 fully saturated rings. The molecule has 7 nitrogen and oxygen atoms in total. The Morgan fingerprint density at radius 3 is 2.29 bits per heavy atom. The van der Waals surface area contributed by atoms with Gasteiger partial charge in [0.15, 0.2) is 6.10 Å². The summed E-state index contributed by atoms with van der Waals surface area (Å²) in [5, 5.41) is 9.20. The number of amides is 1. The summed E-state index contributed by atoms with van der Waals surface area (Å²) in [5.74, 6) is -0.300. The molecule has 1 unspecified atom stereocenters. The molecule has 176 valence electrons. The molecule has 0 saturated heterocycles. The molecular formula is C24H39NO6. The zero-order valence-electron chi connectivity index (χ0n) is 19.7. The molecule has 0 aliphatic carbocycles. The lowest BCUT2D eigenvalue weighted by atomic mass is 9.92.